The number of aromatic nitrogens is 4. The Balaban J connectivity index is 1.54. The largest absolute Gasteiger partial charge is 0.353 e. The smallest absolute Gasteiger partial charge is 0.191 e. The summed E-state index contributed by atoms with van der Waals surface area (Å²) in [5.74, 6) is 1.41. The number of fused-ring (bicyclic) bond motifs is 1. The maximum atomic E-state index is 13.6. The van der Waals surface area contributed by atoms with Crippen LogP contribution in [0.5, 0.6) is 0 Å². The highest BCUT2D eigenvalue weighted by atomic mass is 127. The standard InChI is InChI=1S/C22H20FIN8S/c1-30(22-29-18(13-33-22)16-3-2-15(23)8-14(16)10-25)21-17(9-24)28-19-11-27-20(12-32(19)21)31-6-4-26-5-7-31/h2-3,8,11-13,26H,4-7,9H2,1H3. The fourth-order valence-corrected chi connectivity index (χ4v) is 5.25. The Morgan fingerprint density at radius 1 is 1.30 bits per heavy atom. The minimum Gasteiger partial charge on any atom is -0.353 e. The second kappa shape index (κ2) is 9.20. The van der Waals surface area contributed by atoms with Crippen LogP contribution in [0, 0.1) is 17.1 Å². The molecule has 0 amide bonds. The molecule has 1 saturated heterocycles. The fraction of sp³-hybridized carbons (Fsp3) is 0.273. The van der Waals surface area contributed by atoms with Crippen LogP contribution < -0.4 is 15.1 Å². The van der Waals surface area contributed by atoms with E-state index in [1.165, 1.54) is 23.5 Å². The number of piperazine rings is 1. The summed E-state index contributed by atoms with van der Waals surface area (Å²) < 4.78 is 16.4. The summed E-state index contributed by atoms with van der Waals surface area (Å²) in [6.45, 7) is 3.69. The van der Waals surface area contributed by atoms with Crippen LogP contribution in [-0.2, 0) is 4.43 Å². The van der Waals surface area contributed by atoms with Crippen molar-refractivity contribution in [3.8, 4) is 17.3 Å². The third-order valence-electron chi connectivity index (χ3n) is 5.58. The van der Waals surface area contributed by atoms with Crippen molar-refractivity contribution in [1.82, 2.24) is 24.7 Å². The van der Waals surface area contributed by atoms with E-state index in [1.807, 2.05) is 29.7 Å². The highest BCUT2D eigenvalue weighted by Crippen LogP contribution is 2.35. The molecule has 0 spiro atoms. The molecule has 8 nitrogen and oxygen atoms in total. The number of imidazole rings is 1. The number of alkyl halides is 1. The van der Waals surface area contributed by atoms with Gasteiger partial charge in [0.1, 0.15) is 17.5 Å². The van der Waals surface area contributed by atoms with Gasteiger partial charge in [-0.15, -0.1) is 11.3 Å². The van der Waals surface area contributed by atoms with E-state index in [-0.39, 0.29) is 5.56 Å². The average molecular weight is 574 g/mol. The highest BCUT2D eigenvalue weighted by molar-refractivity contribution is 14.1. The van der Waals surface area contributed by atoms with Gasteiger partial charge in [-0.25, -0.2) is 19.3 Å². The van der Waals surface area contributed by atoms with Crippen molar-refractivity contribution in [2.24, 2.45) is 0 Å². The predicted molar refractivity (Wildman–Crippen MR) is 136 cm³/mol. The molecule has 5 rings (SSSR count). The molecular formula is C22H20FIN8S. The van der Waals surface area contributed by atoms with E-state index in [4.69, 9.17) is 9.97 Å². The van der Waals surface area contributed by atoms with E-state index in [1.54, 1.807) is 6.07 Å². The minimum atomic E-state index is -0.436. The van der Waals surface area contributed by atoms with E-state index in [9.17, 15) is 9.65 Å². The van der Waals surface area contributed by atoms with Crippen molar-refractivity contribution < 1.29 is 4.39 Å². The summed E-state index contributed by atoms with van der Waals surface area (Å²) in [4.78, 5) is 18.5. The molecule has 0 radical (unpaired) electrons. The number of nitriles is 1. The lowest BCUT2D eigenvalue weighted by Gasteiger charge is -2.28. The van der Waals surface area contributed by atoms with Gasteiger partial charge in [0, 0.05) is 48.6 Å². The summed E-state index contributed by atoms with van der Waals surface area (Å²) >= 11 is 3.78. The van der Waals surface area contributed by atoms with E-state index in [0.29, 0.717) is 11.3 Å². The number of nitrogens with one attached hydrogen (secondary N) is 1. The Hall–Kier alpha value is -2.82. The van der Waals surface area contributed by atoms with Crippen molar-refractivity contribution >= 4 is 56.3 Å². The first-order chi connectivity index (χ1) is 16.1. The quantitative estimate of drug-likeness (QED) is 0.285. The predicted octanol–water partition coefficient (Wildman–Crippen LogP) is 3.98. The SMILES string of the molecule is CN(c1nc(-c2ccc(F)cc2C#N)cs1)c1c(CI)nc2cnc(N3CCNCC3)cn12. The lowest BCUT2D eigenvalue weighted by atomic mass is 10.1. The van der Waals surface area contributed by atoms with Gasteiger partial charge in [0.15, 0.2) is 10.8 Å². The first-order valence-corrected chi connectivity index (χ1v) is 12.8. The molecule has 1 fully saturated rings. The van der Waals surface area contributed by atoms with Gasteiger partial charge in [-0.1, -0.05) is 22.6 Å². The molecule has 0 aliphatic carbocycles. The Labute approximate surface area is 207 Å². The van der Waals surface area contributed by atoms with Crippen molar-refractivity contribution in [1.29, 1.82) is 5.26 Å². The van der Waals surface area contributed by atoms with Crippen molar-refractivity contribution in [2.75, 3.05) is 43.0 Å². The molecule has 1 aliphatic heterocycles. The lowest BCUT2D eigenvalue weighted by molar-refractivity contribution is 0.584. The average Bonchev–Trinajstić information content (AvgIpc) is 3.48. The number of rotatable bonds is 5. The van der Waals surface area contributed by atoms with Crippen molar-refractivity contribution in [3.05, 3.63) is 53.0 Å². The Morgan fingerprint density at radius 2 is 2.12 bits per heavy atom. The van der Waals surface area contributed by atoms with Gasteiger partial charge in [-0.05, 0) is 18.2 Å². The van der Waals surface area contributed by atoms with Gasteiger partial charge < -0.3 is 15.1 Å². The number of anilines is 3. The van der Waals surface area contributed by atoms with Crippen LogP contribution in [0.3, 0.4) is 0 Å². The zero-order valence-electron chi connectivity index (χ0n) is 17.8. The molecule has 4 aromatic rings. The van der Waals surface area contributed by atoms with Gasteiger partial charge in [-0.2, -0.15) is 5.26 Å². The zero-order chi connectivity index (χ0) is 22.9. The second-order valence-electron chi connectivity index (χ2n) is 7.60. The molecule has 0 unspecified atom stereocenters. The first-order valence-electron chi connectivity index (χ1n) is 10.4. The van der Waals surface area contributed by atoms with Gasteiger partial charge in [-0.3, -0.25) is 4.40 Å². The van der Waals surface area contributed by atoms with Crippen LogP contribution in [0.4, 0.5) is 21.2 Å². The molecule has 33 heavy (non-hydrogen) atoms. The van der Waals surface area contributed by atoms with Crippen LogP contribution in [-0.4, -0.2) is 52.6 Å². The fourth-order valence-electron chi connectivity index (χ4n) is 3.95. The van der Waals surface area contributed by atoms with Crippen molar-refractivity contribution in [3.63, 3.8) is 0 Å². The van der Waals surface area contributed by atoms with Gasteiger partial charge in [0.05, 0.1) is 35.4 Å². The topological polar surface area (TPSA) is 85.4 Å². The summed E-state index contributed by atoms with van der Waals surface area (Å²) in [6.07, 6.45) is 3.85. The highest BCUT2D eigenvalue weighted by Gasteiger charge is 2.22. The molecule has 3 aromatic heterocycles. The maximum Gasteiger partial charge on any atom is 0.191 e. The molecule has 4 heterocycles. The molecule has 0 atom stereocenters. The molecular weight excluding hydrogens is 554 g/mol. The molecule has 168 valence electrons. The molecule has 0 bridgehead atoms. The number of nitrogens with zero attached hydrogens (tertiary/aromatic N) is 7. The van der Waals surface area contributed by atoms with E-state index in [0.717, 1.165) is 58.7 Å². The van der Waals surface area contributed by atoms with Crippen LogP contribution in [0.15, 0.2) is 36.0 Å². The summed E-state index contributed by atoms with van der Waals surface area (Å²) in [5.41, 5.74) is 3.25. The monoisotopic (exact) mass is 574 g/mol. The van der Waals surface area contributed by atoms with Crippen LogP contribution in [0.1, 0.15) is 11.3 Å². The second-order valence-corrected chi connectivity index (χ2v) is 9.20. The molecule has 1 aliphatic rings. The van der Waals surface area contributed by atoms with Crippen LogP contribution >= 0.6 is 33.9 Å². The number of hydrogen-bond acceptors (Lipinski definition) is 8. The molecule has 11 heteroatoms. The Kier molecular flexibility index (Phi) is 6.13. The minimum absolute atomic E-state index is 0.268. The Bertz CT molecular complexity index is 1350. The maximum absolute atomic E-state index is 13.6. The van der Waals surface area contributed by atoms with E-state index < -0.39 is 5.82 Å². The number of benzene rings is 1. The summed E-state index contributed by atoms with van der Waals surface area (Å²) in [7, 11) is 1.96. The Morgan fingerprint density at radius 3 is 2.88 bits per heavy atom. The third-order valence-corrected chi connectivity index (χ3v) is 7.22. The zero-order valence-corrected chi connectivity index (χ0v) is 20.8. The van der Waals surface area contributed by atoms with E-state index in [2.05, 4.69) is 48.3 Å². The number of thiazole rings is 1. The number of hydrogen-bond donors (Lipinski definition) is 1. The number of halogens is 2. The lowest BCUT2D eigenvalue weighted by Crippen LogP contribution is -2.44. The first kappa shape index (κ1) is 22.0. The third kappa shape index (κ3) is 4.14. The summed E-state index contributed by atoms with van der Waals surface area (Å²) in [5, 5.41) is 15.4. The molecule has 0 saturated carbocycles. The molecule has 1 N–H and O–H groups in total. The molecule has 1 aromatic carbocycles. The van der Waals surface area contributed by atoms with Gasteiger partial charge in [0.2, 0.25) is 0 Å². The van der Waals surface area contributed by atoms with Gasteiger partial charge in [0.25, 0.3) is 0 Å². The van der Waals surface area contributed by atoms with Crippen molar-refractivity contribution in [2.45, 2.75) is 4.43 Å². The summed E-state index contributed by atoms with van der Waals surface area (Å²) in [6, 6.07) is 6.25. The van der Waals surface area contributed by atoms with Gasteiger partial charge >= 0.3 is 0 Å². The van der Waals surface area contributed by atoms with Crippen LogP contribution in [0.2, 0.25) is 0 Å². The van der Waals surface area contributed by atoms with E-state index >= 15 is 0 Å². The normalized spacial score (nSPS) is 13.9. The van der Waals surface area contributed by atoms with Crippen LogP contribution in [0.25, 0.3) is 16.9 Å².